The van der Waals surface area contributed by atoms with Crippen LogP contribution in [0.4, 0.5) is 5.69 Å². The molecule has 0 saturated heterocycles. The second-order valence-electron chi connectivity index (χ2n) is 9.95. The first-order chi connectivity index (χ1) is 16.4. The van der Waals surface area contributed by atoms with Gasteiger partial charge in [-0.15, -0.1) is 0 Å². The lowest BCUT2D eigenvalue weighted by atomic mass is 10.0. The molecule has 1 heterocycles. The third-order valence-corrected chi connectivity index (χ3v) is 6.75. The number of nitrogens with zero attached hydrogens (tertiary/aromatic N) is 3. The summed E-state index contributed by atoms with van der Waals surface area (Å²) in [7, 11) is 0. The smallest absolute Gasteiger partial charge is 0.312 e. The van der Waals surface area contributed by atoms with Gasteiger partial charge in [0.1, 0.15) is 11.4 Å². The van der Waals surface area contributed by atoms with Crippen molar-refractivity contribution in [2.75, 3.05) is 6.54 Å². The third kappa shape index (κ3) is 12.5. The number of hydrogen-bond acceptors (Lipinski definition) is 4. The maximum Gasteiger partial charge on any atom is 0.312 e. The zero-order valence-corrected chi connectivity index (χ0v) is 22.4. The summed E-state index contributed by atoms with van der Waals surface area (Å²) in [6.45, 7) is 8.47. The van der Waals surface area contributed by atoms with Crippen molar-refractivity contribution in [3.8, 4) is 0 Å². The summed E-state index contributed by atoms with van der Waals surface area (Å²) in [6.07, 6.45) is 21.4. The number of unbranched alkanes of at least 4 members (excludes halogenated alkanes) is 15. The maximum absolute atomic E-state index is 12.4. The van der Waals surface area contributed by atoms with Crippen molar-refractivity contribution in [1.29, 1.82) is 0 Å². The van der Waals surface area contributed by atoms with Gasteiger partial charge in [0, 0.05) is 6.54 Å². The molecule has 0 saturated carbocycles. The number of rotatable bonds is 21. The molecule has 7 nitrogen and oxygen atoms in total. The van der Waals surface area contributed by atoms with Crippen LogP contribution < -0.4 is 5.32 Å². The first kappa shape index (κ1) is 30.1. The molecule has 1 aromatic rings. The quantitative estimate of drug-likeness (QED) is 0.113. The Bertz CT molecular complexity index is 702. The lowest BCUT2D eigenvalue weighted by Gasteiger charge is -2.13. The van der Waals surface area contributed by atoms with E-state index >= 15 is 0 Å². The Labute approximate surface area is 207 Å². The average Bonchev–Trinajstić information content (AvgIpc) is 3.08. The zero-order chi connectivity index (χ0) is 25.2. The van der Waals surface area contributed by atoms with Crippen molar-refractivity contribution in [2.45, 2.75) is 137 Å². The molecule has 1 aromatic heterocycles. The maximum atomic E-state index is 12.4. The van der Waals surface area contributed by atoms with E-state index in [9.17, 15) is 14.9 Å². The van der Waals surface area contributed by atoms with E-state index in [4.69, 9.17) is 0 Å². The molecule has 0 fully saturated rings. The van der Waals surface area contributed by atoms with Crippen LogP contribution in [0, 0.1) is 29.9 Å². The average molecular weight is 479 g/mol. The fraction of sp³-hybridized carbons (Fsp3) is 0.852. The number of carbonyl (C=O) groups excluding carboxylic acids is 1. The van der Waals surface area contributed by atoms with Crippen LogP contribution in [0.1, 0.15) is 128 Å². The van der Waals surface area contributed by atoms with Crippen LogP contribution in [-0.2, 0) is 11.3 Å². The van der Waals surface area contributed by atoms with Crippen molar-refractivity contribution < 1.29 is 9.72 Å². The zero-order valence-electron chi connectivity index (χ0n) is 22.4. The summed E-state index contributed by atoms with van der Waals surface area (Å²) in [5.74, 6) is -0.296. The Morgan fingerprint density at radius 3 is 1.74 bits per heavy atom. The molecule has 7 heteroatoms. The van der Waals surface area contributed by atoms with Crippen molar-refractivity contribution in [1.82, 2.24) is 15.1 Å². The van der Waals surface area contributed by atoms with E-state index in [0.717, 1.165) is 12.8 Å². The van der Waals surface area contributed by atoms with Crippen molar-refractivity contribution in [3.05, 3.63) is 21.5 Å². The van der Waals surface area contributed by atoms with E-state index in [2.05, 4.69) is 17.3 Å². The first-order valence-electron chi connectivity index (χ1n) is 13.8. The normalized spacial score (nSPS) is 12.1. The van der Waals surface area contributed by atoms with Crippen LogP contribution in [0.15, 0.2) is 0 Å². The fourth-order valence-corrected chi connectivity index (χ4v) is 4.53. The second-order valence-corrected chi connectivity index (χ2v) is 9.95. The highest BCUT2D eigenvalue weighted by atomic mass is 16.6. The summed E-state index contributed by atoms with van der Waals surface area (Å²) in [5, 5.41) is 18.4. The highest BCUT2D eigenvalue weighted by Gasteiger charge is 2.23. The van der Waals surface area contributed by atoms with E-state index in [1.165, 1.54) is 89.9 Å². The van der Waals surface area contributed by atoms with Gasteiger partial charge in [0.25, 0.3) is 0 Å². The summed E-state index contributed by atoms with van der Waals surface area (Å²) >= 11 is 0. The lowest BCUT2D eigenvalue weighted by Crippen LogP contribution is -2.32. The predicted molar refractivity (Wildman–Crippen MR) is 140 cm³/mol. The van der Waals surface area contributed by atoms with Crippen molar-refractivity contribution >= 4 is 11.6 Å². The Balaban J connectivity index is 1.97. The van der Waals surface area contributed by atoms with Crippen LogP contribution >= 0.6 is 0 Å². The van der Waals surface area contributed by atoms with Gasteiger partial charge in [0.15, 0.2) is 0 Å². The molecule has 0 spiro atoms. The number of carbonyl (C=O) groups is 1. The summed E-state index contributed by atoms with van der Waals surface area (Å²) in [6, 6.07) is 0. The van der Waals surface area contributed by atoms with Gasteiger partial charge in [-0.1, -0.05) is 110 Å². The van der Waals surface area contributed by atoms with Gasteiger partial charge < -0.3 is 5.32 Å². The third-order valence-electron chi connectivity index (χ3n) is 6.75. The summed E-state index contributed by atoms with van der Waals surface area (Å²) in [5.41, 5.74) is 0.934. The minimum atomic E-state index is -0.407. The SMILES string of the molecule is CCCCCCCCCCCCCCCCCCNC(=O)C(C)Cn1nc(C)c([N+](=O)[O-])c1C. The van der Waals surface area contributed by atoms with Crippen molar-refractivity contribution in [3.63, 3.8) is 0 Å². The first-order valence-corrected chi connectivity index (χ1v) is 13.8. The Hall–Kier alpha value is -1.92. The molecule has 0 aliphatic rings. The second kappa shape index (κ2) is 18.4. The lowest BCUT2D eigenvalue weighted by molar-refractivity contribution is -0.386. The van der Waals surface area contributed by atoms with Crippen LogP contribution in [0.2, 0.25) is 0 Å². The van der Waals surface area contributed by atoms with E-state index in [-0.39, 0.29) is 17.5 Å². The fourth-order valence-electron chi connectivity index (χ4n) is 4.53. The molecular weight excluding hydrogens is 428 g/mol. The van der Waals surface area contributed by atoms with Crippen LogP contribution in [0.25, 0.3) is 0 Å². The molecule has 1 rings (SSSR count). The molecule has 1 amide bonds. The number of nitrogens with one attached hydrogen (secondary N) is 1. The predicted octanol–water partition coefficient (Wildman–Crippen LogP) is 7.42. The van der Waals surface area contributed by atoms with Crippen LogP contribution in [-0.4, -0.2) is 27.2 Å². The topological polar surface area (TPSA) is 90.1 Å². The molecular formula is C27H50N4O3. The monoisotopic (exact) mass is 478 g/mol. The molecule has 34 heavy (non-hydrogen) atoms. The molecule has 1 atom stereocenters. The van der Waals surface area contributed by atoms with Gasteiger partial charge in [-0.3, -0.25) is 19.6 Å². The Morgan fingerprint density at radius 2 is 1.32 bits per heavy atom. The minimum absolute atomic E-state index is 0.0174. The highest BCUT2D eigenvalue weighted by Crippen LogP contribution is 2.22. The molecule has 1 N–H and O–H groups in total. The number of hydrogen-bond donors (Lipinski definition) is 1. The molecule has 1 unspecified atom stereocenters. The molecule has 196 valence electrons. The molecule has 0 bridgehead atoms. The van der Waals surface area contributed by atoms with Gasteiger partial charge in [-0.25, -0.2) is 0 Å². The van der Waals surface area contributed by atoms with Gasteiger partial charge in [0.2, 0.25) is 5.91 Å². The Morgan fingerprint density at radius 1 is 0.882 bits per heavy atom. The number of aromatic nitrogens is 2. The summed E-state index contributed by atoms with van der Waals surface area (Å²) < 4.78 is 1.58. The van der Waals surface area contributed by atoms with Gasteiger partial charge in [0.05, 0.1) is 17.4 Å². The standard InChI is InChI=1S/C27H50N4O3/c1-5-6-7-8-9-10-11-12-13-14-15-16-17-18-19-20-21-28-27(32)23(2)22-30-25(4)26(31(33)34)24(3)29-30/h23H,5-22H2,1-4H3,(H,28,32). The number of nitro groups is 1. The van der Waals surface area contributed by atoms with Crippen LogP contribution in [0.3, 0.4) is 0 Å². The highest BCUT2D eigenvalue weighted by molar-refractivity contribution is 5.78. The van der Waals surface area contributed by atoms with Gasteiger partial charge >= 0.3 is 5.69 Å². The van der Waals surface area contributed by atoms with Crippen molar-refractivity contribution in [2.24, 2.45) is 5.92 Å². The van der Waals surface area contributed by atoms with E-state index in [1.54, 1.807) is 18.5 Å². The van der Waals surface area contributed by atoms with Crippen LogP contribution in [0.5, 0.6) is 0 Å². The van der Waals surface area contributed by atoms with E-state index in [0.29, 0.717) is 24.5 Å². The molecule has 0 aromatic carbocycles. The van der Waals surface area contributed by atoms with Gasteiger partial charge in [-0.05, 0) is 20.3 Å². The number of amides is 1. The van der Waals surface area contributed by atoms with Gasteiger partial charge in [-0.2, -0.15) is 5.10 Å². The Kier molecular flexibility index (Phi) is 16.3. The minimum Gasteiger partial charge on any atom is -0.356 e. The molecule has 0 aliphatic carbocycles. The molecule has 0 radical (unpaired) electrons. The largest absolute Gasteiger partial charge is 0.356 e. The van der Waals surface area contributed by atoms with E-state index < -0.39 is 4.92 Å². The number of aryl methyl sites for hydroxylation is 1. The van der Waals surface area contributed by atoms with E-state index in [1.807, 2.05) is 6.92 Å². The summed E-state index contributed by atoms with van der Waals surface area (Å²) in [4.78, 5) is 23.1. The molecule has 0 aliphatic heterocycles.